The molecule has 4 rings (SSSR count). The Morgan fingerprint density at radius 1 is 0.862 bits per heavy atom. The first-order chi connectivity index (χ1) is 14.1. The van der Waals surface area contributed by atoms with Crippen LogP contribution in [-0.4, -0.2) is 47.3 Å². The number of hydrogen-bond acceptors (Lipinski definition) is 4. The number of nitrogen functional groups attached to an aromatic ring is 1. The van der Waals surface area contributed by atoms with Gasteiger partial charge in [-0.1, -0.05) is 48.9 Å². The molecular formula is C24H29N3O2. The van der Waals surface area contributed by atoms with Crippen LogP contribution in [0, 0.1) is 0 Å². The maximum absolute atomic E-state index is 13.5. The number of piperidine rings is 1. The smallest absolute Gasteiger partial charge is 0.237 e. The topological polar surface area (TPSA) is 66.6 Å². The number of imide groups is 1. The molecule has 5 heteroatoms. The molecule has 2 aromatic rings. The van der Waals surface area contributed by atoms with Crippen molar-refractivity contribution in [3.05, 3.63) is 65.7 Å². The van der Waals surface area contributed by atoms with Gasteiger partial charge in [-0.05, 0) is 56.1 Å². The maximum atomic E-state index is 13.5. The fourth-order valence-corrected chi connectivity index (χ4v) is 4.68. The number of amides is 2. The summed E-state index contributed by atoms with van der Waals surface area (Å²) in [6, 6.07) is 17.2. The molecule has 2 aromatic carbocycles. The third kappa shape index (κ3) is 3.92. The second kappa shape index (κ2) is 8.37. The third-order valence-corrected chi connectivity index (χ3v) is 6.31. The summed E-state index contributed by atoms with van der Waals surface area (Å²) in [4.78, 5) is 30.8. The SMILES string of the molecule is CC(CN1C(=O)[C@H](c2ccccc2)[C@H](c2ccc(N)cc2)C1=O)N1CCCCC1. The van der Waals surface area contributed by atoms with Gasteiger partial charge in [0.15, 0.2) is 0 Å². The van der Waals surface area contributed by atoms with Gasteiger partial charge in [-0.15, -0.1) is 0 Å². The molecule has 152 valence electrons. The first kappa shape index (κ1) is 19.6. The van der Waals surface area contributed by atoms with Crippen molar-refractivity contribution in [2.75, 3.05) is 25.4 Å². The number of anilines is 1. The van der Waals surface area contributed by atoms with Crippen LogP contribution >= 0.6 is 0 Å². The van der Waals surface area contributed by atoms with Crippen LogP contribution in [0.25, 0.3) is 0 Å². The number of nitrogens with zero attached hydrogens (tertiary/aromatic N) is 2. The van der Waals surface area contributed by atoms with E-state index in [0.29, 0.717) is 12.2 Å². The van der Waals surface area contributed by atoms with Gasteiger partial charge in [-0.3, -0.25) is 19.4 Å². The quantitative estimate of drug-likeness (QED) is 0.627. The van der Waals surface area contributed by atoms with E-state index in [4.69, 9.17) is 5.73 Å². The minimum Gasteiger partial charge on any atom is -0.399 e. The monoisotopic (exact) mass is 391 g/mol. The van der Waals surface area contributed by atoms with Crippen molar-refractivity contribution in [3.8, 4) is 0 Å². The normalized spacial score (nSPS) is 24.1. The Kier molecular flexibility index (Phi) is 5.67. The fraction of sp³-hybridized carbons (Fsp3) is 0.417. The van der Waals surface area contributed by atoms with Gasteiger partial charge in [0.1, 0.15) is 0 Å². The molecule has 0 bridgehead atoms. The van der Waals surface area contributed by atoms with E-state index in [1.54, 1.807) is 12.1 Å². The molecule has 2 aliphatic heterocycles. The molecule has 1 unspecified atom stereocenters. The van der Waals surface area contributed by atoms with Crippen molar-refractivity contribution in [2.45, 2.75) is 44.1 Å². The molecule has 3 atom stereocenters. The molecule has 2 saturated heterocycles. The zero-order valence-electron chi connectivity index (χ0n) is 17.0. The summed E-state index contributed by atoms with van der Waals surface area (Å²) in [7, 11) is 0. The highest BCUT2D eigenvalue weighted by atomic mass is 16.2. The van der Waals surface area contributed by atoms with Crippen molar-refractivity contribution in [2.24, 2.45) is 0 Å². The second-order valence-electron chi connectivity index (χ2n) is 8.27. The molecule has 2 heterocycles. The number of carbonyl (C=O) groups is 2. The highest BCUT2D eigenvalue weighted by Gasteiger charge is 2.49. The summed E-state index contributed by atoms with van der Waals surface area (Å²) in [6.07, 6.45) is 3.64. The predicted octanol–water partition coefficient (Wildman–Crippen LogP) is 3.38. The van der Waals surface area contributed by atoms with Crippen LogP contribution in [0.1, 0.15) is 49.1 Å². The van der Waals surface area contributed by atoms with E-state index >= 15 is 0 Å². The molecule has 2 aliphatic rings. The Labute approximate surface area is 172 Å². The van der Waals surface area contributed by atoms with Gasteiger partial charge >= 0.3 is 0 Å². The predicted molar refractivity (Wildman–Crippen MR) is 114 cm³/mol. The summed E-state index contributed by atoms with van der Waals surface area (Å²) < 4.78 is 0. The van der Waals surface area contributed by atoms with Gasteiger partial charge in [0.05, 0.1) is 11.8 Å². The Bertz CT molecular complexity index is 859. The van der Waals surface area contributed by atoms with Crippen LogP contribution in [0.5, 0.6) is 0 Å². The minimum absolute atomic E-state index is 0.0908. The van der Waals surface area contributed by atoms with Crippen molar-refractivity contribution < 1.29 is 9.59 Å². The number of rotatable bonds is 5. The molecule has 2 amide bonds. The summed E-state index contributed by atoms with van der Waals surface area (Å²) in [6.45, 7) is 4.66. The fourth-order valence-electron chi connectivity index (χ4n) is 4.68. The first-order valence-electron chi connectivity index (χ1n) is 10.6. The van der Waals surface area contributed by atoms with E-state index in [9.17, 15) is 9.59 Å². The lowest BCUT2D eigenvalue weighted by atomic mass is 9.83. The van der Waals surface area contributed by atoms with E-state index in [1.807, 2.05) is 42.5 Å². The lowest BCUT2D eigenvalue weighted by molar-refractivity contribution is -0.140. The van der Waals surface area contributed by atoms with E-state index in [-0.39, 0.29) is 17.9 Å². The van der Waals surface area contributed by atoms with Crippen LogP contribution in [0.2, 0.25) is 0 Å². The second-order valence-corrected chi connectivity index (χ2v) is 8.27. The van der Waals surface area contributed by atoms with Gasteiger partial charge in [0.25, 0.3) is 0 Å². The van der Waals surface area contributed by atoms with Crippen LogP contribution in [0.4, 0.5) is 5.69 Å². The standard InChI is InChI=1S/C24H29N3O2/c1-17(26-14-6-3-7-15-26)16-27-23(28)21(18-8-4-2-5-9-18)22(24(27)29)19-10-12-20(25)13-11-19/h2,4-5,8-13,17,21-22H,3,6-7,14-16,25H2,1H3/t17?,21-,22+/m1/s1. The molecule has 0 aliphatic carbocycles. The van der Waals surface area contributed by atoms with E-state index < -0.39 is 11.8 Å². The molecular weight excluding hydrogens is 362 g/mol. The molecule has 0 saturated carbocycles. The Morgan fingerprint density at radius 3 is 2.00 bits per heavy atom. The Balaban J connectivity index is 1.64. The first-order valence-corrected chi connectivity index (χ1v) is 10.6. The molecule has 2 N–H and O–H groups in total. The maximum Gasteiger partial charge on any atom is 0.237 e. The molecule has 2 fully saturated rings. The number of hydrogen-bond donors (Lipinski definition) is 1. The summed E-state index contributed by atoms with van der Waals surface area (Å²) in [5.74, 6) is -1.18. The molecule has 0 radical (unpaired) electrons. The summed E-state index contributed by atoms with van der Waals surface area (Å²) in [5.41, 5.74) is 8.23. The Morgan fingerprint density at radius 2 is 1.41 bits per heavy atom. The average molecular weight is 392 g/mol. The minimum atomic E-state index is -0.501. The highest BCUT2D eigenvalue weighted by Crippen LogP contribution is 2.42. The highest BCUT2D eigenvalue weighted by molar-refractivity contribution is 6.10. The van der Waals surface area contributed by atoms with Crippen molar-refractivity contribution in [1.29, 1.82) is 0 Å². The molecule has 0 aromatic heterocycles. The largest absolute Gasteiger partial charge is 0.399 e. The van der Waals surface area contributed by atoms with Crippen molar-refractivity contribution in [1.82, 2.24) is 9.80 Å². The number of carbonyl (C=O) groups excluding carboxylic acids is 2. The molecule has 29 heavy (non-hydrogen) atoms. The van der Waals surface area contributed by atoms with E-state index in [0.717, 1.165) is 24.2 Å². The van der Waals surface area contributed by atoms with Gasteiger partial charge in [-0.2, -0.15) is 0 Å². The van der Waals surface area contributed by atoms with E-state index in [1.165, 1.54) is 24.2 Å². The lowest BCUT2D eigenvalue weighted by Crippen LogP contribution is -2.46. The van der Waals surface area contributed by atoms with Crippen molar-refractivity contribution in [3.63, 3.8) is 0 Å². The molecule has 5 nitrogen and oxygen atoms in total. The third-order valence-electron chi connectivity index (χ3n) is 6.31. The lowest BCUT2D eigenvalue weighted by Gasteiger charge is -2.34. The van der Waals surface area contributed by atoms with Gasteiger partial charge in [0, 0.05) is 18.3 Å². The summed E-state index contributed by atoms with van der Waals surface area (Å²) >= 11 is 0. The van der Waals surface area contributed by atoms with E-state index in [2.05, 4.69) is 11.8 Å². The molecule has 0 spiro atoms. The van der Waals surface area contributed by atoms with Gasteiger partial charge in [0.2, 0.25) is 11.8 Å². The van der Waals surface area contributed by atoms with Crippen LogP contribution in [-0.2, 0) is 9.59 Å². The average Bonchev–Trinajstić information content (AvgIpc) is 3.00. The van der Waals surface area contributed by atoms with Gasteiger partial charge < -0.3 is 5.73 Å². The number of benzene rings is 2. The number of likely N-dealkylation sites (tertiary alicyclic amines) is 2. The van der Waals surface area contributed by atoms with Crippen molar-refractivity contribution >= 4 is 17.5 Å². The van der Waals surface area contributed by atoms with Crippen LogP contribution < -0.4 is 5.73 Å². The zero-order valence-corrected chi connectivity index (χ0v) is 17.0. The van der Waals surface area contributed by atoms with Gasteiger partial charge in [-0.25, -0.2) is 0 Å². The zero-order chi connectivity index (χ0) is 20.4. The van der Waals surface area contributed by atoms with Crippen LogP contribution in [0.15, 0.2) is 54.6 Å². The summed E-state index contributed by atoms with van der Waals surface area (Å²) in [5, 5.41) is 0. The van der Waals surface area contributed by atoms with Crippen LogP contribution in [0.3, 0.4) is 0 Å². The number of nitrogens with two attached hydrogens (primary N) is 1. The Hall–Kier alpha value is -2.66.